The molecule has 0 radical (unpaired) electrons. The maximum atomic E-state index is 12.8. The van der Waals surface area contributed by atoms with Crippen LogP contribution in [0.2, 0.25) is 10.0 Å². The van der Waals surface area contributed by atoms with Crippen LogP contribution in [0.3, 0.4) is 0 Å². The van der Waals surface area contributed by atoms with Crippen LogP contribution >= 0.6 is 23.2 Å². The van der Waals surface area contributed by atoms with E-state index >= 15 is 0 Å². The highest BCUT2D eigenvalue weighted by molar-refractivity contribution is 7.92. The molecule has 5 nitrogen and oxygen atoms in total. The third-order valence-electron chi connectivity index (χ3n) is 5.05. The Hall–Kier alpha value is -2.54. The topological polar surface area (TPSA) is 57.7 Å². The summed E-state index contributed by atoms with van der Waals surface area (Å²) in [5.74, 6) is -0.155. The van der Waals surface area contributed by atoms with Crippen LogP contribution in [-0.2, 0) is 23.1 Å². The van der Waals surface area contributed by atoms with Crippen molar-refractivity contribution in [2.75, 3.05) is 17.6 Å². The quantitative estimate of drug-likeness (QED) is 0.436. The zero-order valence-electron chi connectivity index (χ0n) is 18.0. The van der Waals surface area contributed by atoms with E-state index in [9.17, 15) is 13.2 Å². The van der Waals surface area contributed by atoms with E-state index in [0.717, 1.165) is 17.4 Å². The Morgan fingerprint density at radius 1 is 0.875 bits per heavy atom. The standard InChI is InChI=1S/C24H24Cl2N2O3S/c1-17-7-9-18(10-8-17)15-27(2)24(29)19-11-13-20(14-12-19)28(32(3,30)31)16-21-22(25)5-4-6-23(21)26/h4-14H,15-16H2,1-3H3. The minimum Gasteiger partial charge on any atom is -0.337 e. The Balaban J connectivity index is 1.81. The number of carbonyl (C=O) groups excluding carboxylic acids is 1. The van der Waals surface area contributed by atoms with Crippen molar-refractivity contribution in [3.8, 4) is 0 Å². The van der Waals surface area contributed by atoms with Crippen LogP contribution in [0.25, 0.3) is 0 Å². The highest BCUT2D eigenvalue weighted by Gasteiger charge is 2.21. The molecular weight excluding hydrogens is 467 g/mol. The van der Waals surface area contributed by atoms with E-state index < -0.39 is 10.0 Å². The first-order valence-corrected chi connectivity index (χ1v) is 12.5. The lowest BCUT2D eigenvalue weighted by atomic mass is 10.1. The fraction of sp³-hybridized carbons (Fsp3) is 0.208. The molecular formula is C24H24Cl2N2O3S. The number of amides is 1. The lowest BCUT2D eigenvalue weighted by Crippen LogP contribution is -2.30. The molecule has 0 saturated heterocycles. The van der Waals surface area contributed by atoms with E-state index in [4.69, 9.17) is 23.2 Å². The molecule has 32 heavy (non-hydrogen) atoms. The SMILES string of the molecule is Cc1ccc(CN(C)C(=O)c2ccc(N(Cc3c(Cl)cccc3Cl)S(C)(=O)=O)cc2)cc1. The maximum absolute atomic E-state index is 12.8. The van der Waals surface area contributed by atoms with Crippen molar-refractivity contribution in [1.29, 1.82) is 0 Å². The lowest BCUT2D eigenvalue weighted by molar-refractivity contribution is 0.0785. The molecule has 0 aromatic heterocycles. The summed E-state index contributed by atoms with van der Waals surface area (Å²) < 4.78 is 26.2. The summed E-state index contributed by atoms with van der Waals surface area (Å²) in [6.07, 6.45) is 1.12. The van der Waals surface area contributed by atoms with Crippen LogP contribution in [-0.4, -0.2) is 32.5 Å². The van der Waals surface area contributed by atoms with Crippen LogP contribution in [0.4, 0.5) is 5.69 Å². The number of sulfonamides is 1. The van der Waals surface area contributed by atoms with Gasteiger partial charge in [-0.25, -0.2) is 8.42 Å². The predicted octanol–water partition coefficient (Wildman–Crippen LogP) is 5.54. The van der Waals surface area contributed by atoms with Crippen LogP contribution in [0, 0.1) is 6.92 Å². The predicted molar refractivity (Wildman–Crippen MR) is 131 cm³/mol. The van der Waals surface area contributed by atoms with Crippen LogP contribution in [0.15, 0.2) is 66.7 Å². The van der Waals surface area contributed by atoms with Gasteiger partial charge >= 0.3 is 0 Å². The summed E-state index contributed by atoms with van der Waals surface area (Å²) in [5, 5.41) is 0.770. The summed E-state index contributed by atoms with van der Waals surface area (Å²) in [6, 6.07) is 19.5. The highest BCUT2D eigenvalue weighted by atomic mass is 35.5. The monoisotopic (exact) mass is 490 g/mol. The first-order valence-electron chi connectivity index (χ1n) is 9.88. The Bertz CT molecular complexity index is 1190. The summed E-state index contributed by atoms with van der Waals surface area (Å²) in [6.45, 7) is 2.47. The first kappa shape index (κ1) is 24.1. The molecule has 0 N–H and O–H groups in total. The normalized spacial score (nSPS) is 11.3. The van der Waals surface area contributed by atoms with Gasteiger partial charge in [-0.1, -0.05) is 59.1 Å². The lowest BCUT2D eigenvalue weighted by Gasteiger charge is -2.24. The highest BCUT2D eigenvalue weighted by Crippen LogP contribution is 2.29. The number of anilines is 1. The van der Waals surface area contributed by atoms with E-state index in [-0.39, 0.29) is 12.5 Å². The summed E-state index contributed by atoms with van der Waals surface area (Å²) in [4.78, 5) is 14.5. The minimum absolute atomic E-state index is 0.0159. The smallest absolute Gasteiger partial charge is 0.253 e. The van der Waals surface area contributed by atoms with Gasteiger partial charge in [0.1, 0.15) is 0 Å². The molecule has 0 aliphatic rings. The van der Waals surface area contributed by atoms with Gasteiger partial charge in [0.2, 0.25) is 10.0 Å². The first-order chi connectivity index (χ1) is 15.1. The fourth-order valence-electron chi connectivity index (χ4n) is 3.26. The zero-order chi connectivity index (χ0) is 23.5. The summed E-state index contributed by atoms with van der Waals surface area (Å²) >= 11 is 12.5. The second-order valence-corrected chi connectivity index (χ2v) is 10.4. The van der Waals surface area contributed by atoms with Crippen molar-refractivity contribution in [3.05, 3.63) is 99.0 Å². The number of hydrogen-bond acceptors (Lipinski definition) is 3. The second kappa shape index (κ2) is 9.94. The van der Waals surface area contributed by atoms with Crippen molar-refractivity contribution in [2.24, 2.45) is 0 Å². The van der Waals surface area contributed by atoms with Crippen molar-refractivity contribution in [1.82, 2.24) is 4.90 Å². The molecule has 3 aromatic rings. The molecule has 0 unspecified atom stereocenters. The van der Waals surface area contributed by atoms with Gasteiger partial charge in [-0.3, -0.25) is 9.10 Å². The third-order valence-corrected chi connectivity index (χ3v) is 6.90. The molecule has 3 rings (SSSR count). The molecule has 0 aliphatic carbocycles. The largest absolute Gasteiger partial charge is 0.337 e. The summed E-state index contributed by atoms with van der Waals surface area (Å²) in [7, 11) is -1.89. The molecule has 0 fully saturated rings. The van der Waals surface area contributed by atoms with Crippen LogP contribution in [0.1, 0.15) is 27.0 Å². The number of nitrogens with zero attached hydrogens (tertiary/aromatic N) is 2. The number of halogens is 2. The van der Waals surface area contributed by atoms with Crippen LogP contribution in [0.5, 0.6) is 0 Å². The Morgan fingerprint density at radius 2 is 1.44 bits per heavy atom. The molecule has 0 atom stereocenters. The molecule has 0 heterocycles. The second-order valence-electron chi connectivity index (χ2n) is 7.66. The number of aryl methyl sites for hydroxylation is 1. The fourth-order valence-corrected chi connectivity index (χ4v) is 4.64. The van der Waals surface area contributed by atoms with Crippen molar-refractivity contribution < 1.29 is 13.2 Å². The Morgan fingerprint density at radius 3 is 1.97 bits per heavy atom. The minimum atomic E-state index is -3.62. The van der Waals surface area contributed by atoms with Crippen LogP contribution < -0.4 is 4.31 Å². The molecule has 168 valence electrons. The van der Waals surface area contributed by atoms with E-state index in [1.807, 2.05) is 31.2 Å². The molecule has 0 spiro atoms. The number of hydrogen-bond donors (Lipinski definition) is 0. The molecule has 1 amide bonds. The molecule has 0 bridgehead atoms. The van der Waals surface area contributed by atoms with E-state index in [1.54, 1.807) is 54.4 Å². The molecule has 0 saturated carbocycles. The van der Waals surface area contributed by atoms with Gasteiger partial charge in [0.25, 0.3) is 5.91 Å². The number of carbonyl (C=O) groups is 1. The average Bonchev–Trinajstić information content (AvgIpc) is 2.74. The van der Waals surface area contributed by atoms with Crippen molar-refractivity contribution in [3.63, 3.8) is 0 Å². The van der Waals surface area contributed by atoms with Crippen molar-refractivity contribution >= 4 is 44.8 Å². The molecule has 3 aromatic carbocycles. The van der Waals surface area contributed by atoms with Gasteiger partial charge in [0.05, 0.1) is 18.5 Å². The average molecular weight is 491 g/mol. The Labute approximate surface area is 199 Å². The van der Waals surface area contributed by atoms with E-state index in [1.165, 1.54) is 4.31 Å². The number of rotatable bonds is 7. The van der Waals surface area contributed by atoms with Gasteiger partial charge in [-0.2, -0.15) is 0 Å². The van der Waals surface area contributed by atoms with Crippen molar-refractivity contribution in [2.45, 2.75) is 20.0 Å². The van der Waals surface area contributed by atoms with Gasteiger partial charge in [0.15, 0.2) is 0 Å². The van der Waals surface area contributed by atoms with E-state index in [0.29, 0.717) is 33.4 Å². The third kappa shape index (κ3) is 5.82. The molecule has 8 heteroatoms. The maximum Gasteiger partial charge on any atom is 0.253 e. The summed E-state index contributed by atoms with van der Waals surface area (Å²) in [5.41, 5.74) is 3.59. The van der Waals surface area contributed by atoms with Gasteiger partial charge in [0, 0.05) is 34.8 Å². The van der Waals surface area contributed by atoms with E-state index in [2.05, 4.69) is 0 Å². The zero-order valence-corrected chi connectivity index (χ0v) is 20.4. The van der Waals surface area contributed by atoms with Gasteiger partial charge in [-0.15, -0.1) is 0 Å². The van der Waals surface area contributed by atoms with Gasteiger partial charge in [-0.05, 0) is 48.9 Å². The number of benzene rings is 3. The van der Waals surface area contributed by atoms with Gasteiger partial charge < -0.3 is 4.90 Å². The Kier molecular flexibility index (Phi) is 7.49. The molecule has 0 aliphatic heterocycles.